The Labute approximate surface area is 164 Å². The molecular formula is C17H16ClN7O3. The van der Waals surface area contributed by atoms with Gasteiger partial charge in [-0.3, -0.25) is 9.25 Å². The molecule has 10 nitrogen and oxygen atoms in total. The van der Waals surface area contributed by atoms with Gasteiger partial charge in [-0.1, -0.05) is 11.6 Å². The average molecular weight is 402 g/mol. The van der Waals surface area contributed by atoms with Crippen LogP contribution in [-0.2, 0) is 18.4 Å². The molecule has 0 saturated heterocycles. The molecule has 0 saturated carbocycles. The zero-order chi connectivity index (χ0) is 20.0. The molecule has 0 spiro atoms. The third-order valence-corrected chi connectivity index (χ3v) is 4.86. The zero-order valence-electron chi connectivity index (χ0n) is 15.0. The van der Waals surface area contributed by atoms with Gasteiger partial charge in [0.2, 0.25) is 5.95 Å². The second kappa shape index (κ2) is 6.64. The van der Waals surface area contributed by atoms with Crippen LogP contribution in [0.4, 0.5) is 16.6 Å². The normalized spacial score (nSPS) is 14.2. The molecule has 1 amide bonds. The number of hydrogen-bond donors (Lipinski definition) is 2. The van der Waals surface area contributed by atoms with Gasteiger partial charge < -0.3 is 15.3 Å². The number of aromatic nitrogens is 5. The van der Waals surface area contributed by atoms with Gasteiger partial charge >= 0.3 is 12.0 Å². The lowest BCUT2D eigenvalue weighted by Gasteiger charge is -2.19. The lowest BCUT2D eigenvalue weighted by Crippen LogP contribution is -2.39. The topological polar surface area (TPSA) is 118 Å². The lowest BCUT2D eigenvalue weighted by molar-refractivity contribution is -0.141. The number of aryl methyl sites for hydroxylation is 1. The number of anilines is 2. The van der Waals surface area contributed by atoms with Crippen molar-refractivity contribution in [2.24, 2.45) is 7.05 Å². The summed E-state index contributed by atoms with van der Waals surface area (Å²) >= 11 is 6.27. The number of halogens is 1. The largest absolute Gasteiger partial charge is 0.480 e. The van der Waals surface area contributed by atoms with E-state index in [0.29, 0.717) is 33.7 Å². The van der Waals surface area contributed by atoms with Crippen molar-refractivity contribution in [2.45, 2.75) is 19.5 Å². The van der Waals surface area contributed by atoms with E-state index < -0.39 is 18.0 Å². The fourth-order valence-electron chi connectivity index (χ4n) is 3.00. The molecule has 4 heterocycles. The van der Waals surface area contributed by atoms with E-state index in [1.807, 2.05) is 0 Å². The maximum absolute atomic E-state index is 12.5. The minimum Gasteiger partial charge on any atom is -0.480 e. The van der Waals surface area contributed by atoms with E-state index in [4.69, 9.17) is 16.7 Å². The molecule has 11 heteroatoms. The number of amides is 1. The van der Waals surface area contributed by atoms with Crippen LogP contribution in [0.15, 0.2) is 30.7 Å². The summed E-state index contributed by atoms with van der Waals surface area (Å²) in [4.78, 5) is 33.6. The first-order chi connectivity index (χ1) is 13.3. The highest BCUT2D eigenvalue weighted by molar-refractivity contribution is 6.32. The van der Waals surface area contributed by atoms with Crippen molar-refractivity contribution in [1.29, 1.82) is 0 Å². The van der Waals surface area contributed by atoms with E-state index in [1.54, 1.807) is 36.3 Å². The summed E-state index contributed by atoms with van der Waals surface area (Å²) in [5.74, 6) is -0.00742. The number of carboxylic acid groups (broad SMARTS) is 1. The summed E-state index contributed by atoms with van der Waals surface area (Å²) in [7, 11) is 1.78. The first kappa shape index (κ1) is 18.0. The van der Waals surface area contributed by atoms with E-state index in [0.717, 1.165) is 0 Å². The van der Waals surface area contributed by atoms with E-state index >= 15 is 0 Å². The maximum atomic E-state index is 12.5. The van der Waals surface area contributed by atoms with Crippen LogP contribution >= 0.6 is 11.6 Å². The molecule has 0 radical (unpaired) electrons. The zero-order valence-corrected chi connectivity index (χ0v) is 15.8. The first-order valence-corrected chi connectivity index (χ1v) is 8.76. The van der Waals surface area contributed by atoms with E-state index in [1.165, 1.54) is 22.6 Å². The van der Waals surface area contributed by atoms with Crippen molar-refractivity contribution in [2.75, 3.05) is 5.32 Å². The van der Waals surface area contributed by atoms with E-state index in [2.05, 4.69) is 20.4 Å². The Hall–Kier alpha value is -3.40. The monoisotopic (exact) mass is 401 g/mol. The van der Waals surface area contributed by atoms with E-state index in [9.17, 15) is 9.59 Å². The number of nitrogens with zero attached hydrogens (tertiary/aromatic N) is 6. The molecule has 0 aromatic carbocycles. The third-order valence-electron chi connectivity index (χ3n) is 4.59. The Morgan fingerprint density at radius 2 is 2.21 bits per heavy atom. The third kappa shape index (κ3) is 2.97. The molecule has 0 unspecified atom stereocenters. The standard InChI is InChI=1S/C17H16ClN7O3/c1-9(15(26)27)24-8-11-5-10(7-25(11)17(24)28)14-12(18)6-19-16(22-14)21-13-3-4-20-23(13)2/h3-7,9H,8H2,1-2H3,(H,26,27)(H,19,21,22)/t9-/m1/s1. The molecule has 28 heavy (non-hydrogen) atoms. The number of hydrogen-bond acceptors (Lipinski definition) is 6. The highest BCUT2D eigenvalue weighted by Crippen LogP contribution is 2.31. The SMILES string of the molecule is C[C@H](C(=O)O)N1Cc2cc(-c3nc(Nc4ccnn4C)ncc3Cl)cn2C1=O. The minimum absolute atomic E-state index is 0.204. The first-order valence-electron chi connectivity index (χ1n) is 8.38. The molecule has 0 bridgehead atoms. The Kier molecular flexibility index (Phi) is 4.27. The number of fused-ring (bicyclic) bond motifs is 1. The van der Waals surface area contributed by atoms with Gasteiger partial charge in [0.15, 0.2) is 0 Å². The van der Waals surface area contributed by atoms with Gasteiger partial charge in [0, 0.05) is 30.6 Å². The molecule has 4 rings (SSSR count). The molecule has 3 aromatic rings. The van der Waals surface area contributed by atoms with Gasteiger partial charge in [0.1, 0.15) is 11.9 Å². The predicted molar refractivity (Wildman–Crippen MR) is 100 cm³/mol. The highest BCUT2D eigenvalue weighted by Gasteiger charge is 2.34. The Morgan fingerprint density at radius 3 is 2.86 bits per heavy atom. The lowest BCUT2D eigenvalue weighted by atomic mass is 10.2. The van der Waals surface area contributed by atoms with Crippen LogP contribution < -0.4 is 5.32 Å². The molecule has 1 atom stereocenters. The molecule has 0 aliphatic carbocycles. The van der Waals surface area contributed by atoms with Crippen molar-refractivity contribution in [1.82, 2.24) is 29.2 Å². The Morgan fingerprint density at radius 1 is 1.43 bits per heavy atom. The molecule has 3 aromatic heterocycles. The van der Waals surface area contributed by atoms with Crippen molar-refractivity contribution in [3.05, 3.63) is 41.4 Å². The summed E-state index contributed by atoms with van der Waals surface area (Å²) in [6.07, 6.45) is 4.73. The highest BCUT2D eigenvalue weighted by atomic mass is 35.5. The molecule has 0 fully saturated rings. The smallest absolute Gasteiger partial charge is 0.329 e. The van der Waals surface area contributed by atoms with Crippen LogP contribution in [0.25, 0.3) is 11.3 Å². The van der Waals surface area contributed by atoms with E-state index in [-0.39, 0.29) is 6.54 Å². The maximum Gasteiger partial charge on any atom is 0.329 e. The van der Waals surface area contributed by atoms with Crippen LogP contribution in [0, 0.1) is 0 Å². The van der Waals surface area contributed by atoms with Gasteiger partial charge in [-0.2, -0.15) is 5.10 Å². The Balaban J connectivity index is 1.63. The van der Waals surface area contributed by atoms with Gasteiger partial charge in [-0.25, -0.2) is 19.6 Å². The number of carbonyl (C=O) groups excluding carboxylic acids is 1. The Bertz CT molecular complexity index is 1090. The summed E-state index contributed by atoms with van der Waals surface area (Å²) < 4.78 is 3.06. The summed E-state index contributed by atoms with van der Waals surface area (Å²) in [6, 6.07) is 2.25. The molecule has 1 aliphatic heterocycles. The van der Waals surface area contributed by atoms with Crippen LogP contribution in [0.3, 0.4) is 0 Å². The van der Waals surface area contributed by atoms with Crippen molar-refractivity contribution >= 4 is 35.4 Å². The molecule has 2 N–H and O–H groups in total. The molecular weight excluding hydrogens is 386 g/mol. The fraction of sp³-hybridized carbons (Fsp3) is 0.235. The summed E-state index contributed by atoms with van der Waals surface area (Å²) in [5.41, 5.74) is 1.78. The molecule has 1 aliphatic rings. The van der Waals surface area contributed by atoms with Crippen LogP contribution in [-0.4, -0.2) is 52.4 Å². The number of rotatable bonds is 5. The van der Waals surface area contributed by atoms with Gasteiger partial charge in [-0.15, -0.1) is 0 Å². The minimum atomic E-state index is -1.05. The van der Waals surface area contributed by atoms with Gasteiger partial charge in [0.05, 0.1) is 29.7 Å². The summed E-state index contributed by atoms with van der Waals surface area (Å²) in [6.45, 7) is 1.68. The number of nitrogens with one attached hydrogen (secondary N) is 1. The van der Waals surface area contributed by atoms with Crippen molar-refractivity contribution in [3.8, 4) is 11.3 Å². The second-order valence-electron chi connectivity index (χ2n) is 6.37. The number of aliphatic carboxylic acids is 1. The van der Waals surface area contributed by atoms with Crippen molar-refractivity contribution < 1.29 is 14.7 Å². The van der Waals surface area contributed by atoms with Crippen molar-refractivity contribution in [3.63, 3.8) is 0 Å². The van der Waals surface area contributed by atoms with Crippen LogP contribution in [0.2, 0.25) is 5.02 Å². The second-order valence-corrected chi connectivity index (χ2v) is 6.78. The molecule has 144 valence electrons. The van der Waals surface area contributed by atoms with Gasteiger partial charge in [-0.05, 0) is 13.0 Å². The van der Waals surface area contributed by atoms with Gasteiger partial charge in [0.25, 0.3) is 0 Å². The quantitative estimate of drug-likeness (QED) is 0.673. The predicted octanol–water partition coefficient (Wildman–Crippen LogP) is 2.33. The number of carboxylic acids is 1. The van der Waals surface area contributed by atoms with Crippen LogP contribution in [0.5, 0.6) is 0 Å². The summed E-state index contributed by atoms with van der Waals surface area (Å²) in [5, 5.41) is 16.6. The fourth-order valence-corrected chi connectivity index (χ4v) is 3.20. The number of carbonyl (C=O) groups is 2. The van der Waals surface area contributed by atoms with Crippen LogP contribution in [0.1, 0.15) is 12.6 Å². The average Bonchev–Trinajstić information content (AvgIpc) is 3.33.